The van der Waals surface area contributed by atoms with E-state index in [1.165, 1.54) is 0 Å². The Morgan fingerprint density at radius 3 is 2.35 bits per heavy atom. The van der Waals surface area contributed by atoms with Crippen LogP contribution < -0.4 is 5.32 Å². The van der Waals surface area contributed by atoms with E-state index in [0.29, 0.717) is 12.3 Å². The second-order valence-corrected chi connectivity index (χ2v) is 10.1. The summed E-state index contributed by atoms with van der Waals surface area (Å²) in [5.41, 5.74) is -1.19. The fourth-order valence-corrected chi connectivity index (χ4v) is 3.52. The van der Waals surface area contributed by atoms with E-state index >= 15 is 0 Å². The highest BCUT2D eigenvalue weighted by Gasteiger charge is 2.38. The highest BCUT2D eigenvalue weighted by atomic mass is 32.2. The molecule has 1 aliphatic carbocycles. The van der Waals surface area contributed by atoms with Crippen LogP contribution in [-0.4, -0.2) is 49.9 Å². The molecule has 0 heterocycles. The van der Waals surface area contributed by atoms with E-state index < -0.39 is 26.9 Å². The van der Waals surface area contributed by atoms with Crippen molar-refractivity contribution in [1.29, 1.82) is 0 Å². The third kappa shape index (κ3) is 8.01. The number of carbonyl (C=O) groups is 1. The zero-order valence-electron chi connectivity index (χ0n) is 14.7. The van der Waals surface area contributed by atoms with Gasteiger partial charge in [0.25, 0.3) is 0 Å². The number of aliphatic hydroxyl groups excluding tert-OH is 1. The molecule has 0 aliphatic heterocycles. The van der Waals surface area contributed by atoms with Gasteiger partial charge in [0, 0.05) is 17.7 Å². The van der Waals surface area contributed by atoms with Gasteiger partial charge in [-0.05, 0) is 39.5 Å². The average molecular weight is 349 g/mol. The number of amides is 1. The number of rotatable bonds is 9. The van der Waals surface area contributed by atoms with Crippen LogP contribution in [-0.2, 0) is 14.6 Å². The van der Waals surface area contributed by atoms with Gasteiger partial charge in [-0.2, -0.15) is 0 Å². The third-order valence-electron chi connectivity index (χ3n) is 4.14. The highest BCUT2D eigenvalue weighted by molar-refractivity contribution is 7.91. The minimum atomic E-state index is -3.10. The lowest BCUT2D eigenvalue weighted by atomic mass is 9.80. The van der Waals surface area contributed by atoms with Crippen molar-refractivity contribution < 1.29 is 23.1 Å². The average Bonchev–Trinajstić information content (AvgIpc) is 3.24. The number of nitrogens with one attached hydrogen (secondary N) is 1. The number of hydrogen-bond donors (Lipinski definition) is 2. The molecule has 23 heavy (non-hydrogen) atoms. The highest BCUT2D eigenvalue weighted by Crippen LogP contribution is 2.42. The maximum atomic E-state index is 11.8. The molecule has 1 fully saturated rings. The molecule has 1 amide bonds. The Hall–Kier alpha value is -0.820. The van der Waals surface area contributed by atoms with Gasteiger partial charge in [-0.3, -0.25) is 0 Å². The first-order chi connectivity index (χ1) is 10.5. The Bertz CT molecular complexity index is 493. The van der Waals surface area contributed by atoms with Crippen molar-refractivity contribution in [2.75, 3.05) is 24.7 Å². The van der Waals surface area contributed by atoms with Gasteiger partial charge < -0.3 is 15.2 Å². The fraction of sp³-hybridized carbons (Fsp3) is 0.938. The monoisotopic (exact) mass is 349 g/mol. The molecule has 0 bridgehead atoms. The lowest BCUT2D eigenvalue weighted by molar-refractivity contribution is 0.0445. The van der Waals surface area contributed by atoms with Gasteiger partial charge in [0.05, 0.1) is 12.4 Å². The quantitative estimate of drug-likeness (QED) is 0.665. The number of alkyl carbamates (subject to hydrolysis) is 1. The first-order valence-electron chi connectivity index (χ1n) is 8.29. The number of hydrogen-bond acceptors (Lipinski definition) is 5. The fourth-order valence-electron chi connectivity index (χ4n) is 2.49. The van der Waals surface area contributed by atoms with Crippen LogP contribution in [0.3, 0.4) is 0 Å². The van der Waals surface area contributed by atoms with Gasteiger partial charge in [0.1, 0.15) is 15.4 Å². The molecule has 6 nitrogen and oxygen atoms in total. The van der Waals surface area contributed by atoms with E-state index in [4.69, 9.17) is 4.74 Å². The van der Waals surface area contributed by atoms with Crippen LogP contribution in [0.5, 0.6) is 0 Å². The zero-order valence-corrected chi connectivity index (χ0v) is 15.5. The summed E-state index contributed by atoms with van der Waals surface area (Å²) >= 11 is 0. The molecule has 0 saturated heterocycles. The number of ether oxygens (including phenoxy) is 1. The van der Waals surface area contributed by atoms with Gasteiger partial charge in [-0.25, -0.2) is 13.2 Å². The van der Waals surface area contributed by atoms with Gasteiger partial charge in [-0.1, -0.05) is 19.8 Å². The Morgan fingerprint density at radius 1 is 1.30 bits per heavy atom. The van der Waals surface area contributed by atoms with E-state index in [1.807, 2.05) is 0 Å². The third-order valence-corrected chi connectivity index (χ3v) is 5.85. The Balaban J connectivity index is 2.68. The Labute approximate surface area is 139 Å². The molecule has 136 valence electrons. The van der Waals surface area contributed by atoms with Crippen molar-refractivity contribution >= 4 is 15.9 Å². The predicted molar refractivity (Wildman–Crippen MR) is 90.0 cm³/mol. The predicted octanol–water partition coefficient (Wildman–Crippen LogP) is 2.11. The van der Waals surface area contributed by atoms with Crippen LogP contribution in [0.2, 0.25) is 0 Å². The second kappa shape index (κ2) is 7.83. The molecule has 1 rings (SSSR count). The van der Waals surface area contributed by atoms with E-state index in [9.17, 15) is 18.3 Å². The second-order valence-electron chi connectivity index (χ2n) is 7.65. The molecule has 0 aromatic heterocycles. The molecule has 2 N–H and O–H groups in total. The molecule has 0 radical (unpaired) electrons. The van der Waals surface area contributed by atoms with Crippen LogP contribution in [0.1, 0.15) is 53.4 Å². The topological polar surface area (TPSA) is 92.7 Å². The summed E-state index contributed by atoms with van der Waals surface area (Å²) in [5.74, 6) is 0.649. The zero-order chi connectivity index (χ0) is 17.7. The molecular formula is C16H31NO5S. The van der Waals surface area contributed by atoms with Crippen LogP contribution in [0.4, 0.5) is 4.79 Å². The van der Waals surface area contributed by atoms with Crippen molar-refractivity contribution in [1.82, 2.24) is 5.32 Å². The van der Waals surface area contributed by atoms with E-state index in [2.05, 4.69) is 5.32 Å². The summed E-state index contributed by atoms with van der Waals surface area (Å²) in [7, 11) is -3.10. The molecule has 1 atom stereocenters. The van der Waals surface area contributed by atoms with Crippen LogP contribution in [0.25, 0.3) is 0 Å². The van der Waals surface area contributed by atoms with Crippen molar-refractivity contribution in [3.05, 3.63) is 0 Å². The molecule has 1 aliphatic rings. The lowest BCUT2D eigenvalue weighted by Crippen LogP contribution is -2.43. The largest absolute Gasteiger partial charge is 0.444 e. The maximum absolute atomic E-state index is 11.8. The first-order valence-corrected chi connectivity index (χ1v) is 10.1. The molecule has 1 saturated carbocycles. The van der Waals surface area contributed by atoms with Crippen LogP contribution in [0.15, 0.2) is 0 Å². The molecule has 1 unspecified atom stereocenters. The Morgan fingerprint density at radius 2 is 1.91 bits per heavy atom. The molecule has 0 aromatic rings. The maximum Gasteiger partial charge on any atom is 0.407 e. The summed E-state index contributed by atoms with van der Waals surface area (Å²) in [6.07, 6.45) is 2.76. The van der Waals surface area contributed by atoms with Gasteiger partial charge in [0.2, 0.25) is 0 Å². The van der Waals surface area contributed by atoms with Crippen molar-refractivity contribution in [3.63, 3.8) is 0 Å². The van der Waals surface area contributed by atoms with E-state index in [0.717, 1.165) is 19.3 Å². The minimum absolute atomic E-state index is 0.0345. The van der Waals surface area contributed by atoms with E-state index in [1.54, 1.807) is 27.7 Å². The molecular weight excluding hydrogens is 318 g/mol. The first kappa shape index (κ1) is 20.2. The summed E-state index contributed by atoms with van der Waals surface area (Å²) in [5, 5.41) is 12.6. The smallest absolute Gasteiger partial charge is 0.407 e. The van der Waals surface area contributed by atoms with Crippen molar-refractivity contribution in [3.8, 4) is 0 Å². The molecule has 0 spiro atoms. The normalized spacial score (nSPS) is 18.3. The van der Waals surface area contributed by atoms with Gasteiger partial charge in [0.15, 0.2) is 0 Å². The van der Waals surface area contributed by atoms with E-state index in [-0.39, 0.29) is 24.7 Å². The van der Waals surface area contributed by atoms with Crippen LogP contribution in [0, 0.1) is 11.3 Å². The summed E-state index contributed by atoms with van der Waals surface area (Å²) < 4.78 is 28.8. The number of carbonyl (C=O) groups excluding carboxylic acids is 1. The summed E-state index contributed by atoms with van der Waals surface area (Å²) in [4.78, 5) is 11.8. The summed E-state index contributed by atoms with van der Waals surface area (Å²) in [6, 6.07) is 0. The SMILES string of the molecule is CCS(=O)(=O)CCC(CO)(CNC(=O)OC(C)(C)C)CC1CC1. The van der Waals surface area contributed by atoms with Crippen molar-refractivity contribution in [2.24, 2.45) is 11.3 Å². The minimum Gasteiger partial charge on any atom is -0.444 e. The number of sulfone groups is 1. The summed E-state index contributed by atoms with van der Waals surface area (Å²) in [6.45, 7) is 7.06. The van der Waals surface area contributed by atoms with Crippen molar-refractivity contribution in [2.45, 2.75) is 59.0 Å². The van der Waals surface area contributed by atoms with Gasteiger partial charge in [-0.15, -0.1) is 0 Å². The molecule has 0 aromatic carbocycles. The van der Waals surface area contributed by atoms with Gasteiger partial charge >= 0.3 is 6.09 Å². The van der Waals surface area contributed by atoms with Crippen LogP contribution >= 0.6 is 0 Å². The molecule has 7 heteroatoms. The lowest BCUT2D eigenvalue weighted by Gasteiger charge is -2.32. The standard InChI is InChI=1S/C16H31NO5S/c1-5-23(20,21)9-8-16(12-18,10-13-6-7-13)11-17-14(19)22-15(2,3)4/h13,18H,5-12H2,1-4H3,(H,17,19). The Kier molecular flexibility index (Phi) is 6.89. The number of aliphatic hydroxyl groups is 1.